The number of hydrogen-bond donors (Lipinski definition) is 1. The van der Waals surface area contributed by atoms with Gasteiger partial charge in [0.25, 0.3) is 10.0 Å². The molecule has 12 heteroatoms. The van der Waals surface area contributed by atoms with E-state index >= 15 is 0 Å². The van der Waals surface area contributed by atoms with Crippen molar-refractivity contribution in [3.05, 3.63) is 23.9 Å². The molecule has 1 aromatic rings. The molecule has 2 heterocycles. The van der Waals surface area contributed by atoms with Gasteiger partial charge in [-0.2, -0.15) is 30.6 Å². The molecule has 0 aliphatic carbocycles. The van der Waals surface area contributed by atoms with Crippen molar-refractivity contribution in [3.8, 4) is 0 Å². The third kappa shape index (κ3) is 4.06. The standard InChI is InChI=1S/C13H14F6N2O3S/c14-12(15,16)9-2-3-10(20-8-9)25(23,24)21-6-1-4-11(22,5-7-21)13(17,18)19/h2-3,8,22H,1,4-7H2. The molecule has 1 aliphatic heterocycles. The minimum atomic E-state index is -4.90. The van der Waals surface area contributed by atoms with E-state index in [0.717, 1.165) is 0 Å². The highest BCUT2D eigenvalue weighted by Gasteiger charge is 2.54. The highest BCUT2D eigenvalue weighted by Crippen LogP contribution is 2.39. The second-order valence-electron chi connectivity index (χ2n) is 5.67. The second-order valence-corrected chi connectivity index (χ2v) is 7.55. The zero-order valence-corrected chi connectivity index (χ0v) is 13.4. The molecule has 0 bridgehead atoms. The normalized spacial score (nSPS) is 24.1. The molecule has 1 unspecified atom stereocenters. The summed E-state index contributed by atoms with van der Waals surface area (Å²) in [6.07, 6.45) is -11.0. The average Bonchev–Trinajstić information content (AvgIpc) is 2.69. The molecule has 1 aromatic heterocycles. The van der Waals surface area contributed by atoms with Gasteiger partial charge in [0.1, 0.15) is 0 Å². The lowest BCUT2D eigenvalue weighted by Crippen LogP contribution is -2.46. The predicted octanol–water partition coefficient (Wildman–Crippen LogP) is 2.57. The Labute approximate surface area is 139 Å². The van der Waals surface area contributed by atoms with Gasteiger partial charge in [0, 0.05) is 19.3 Å². The summed E-state index contributed by atoms with van der Waals surface area (Å²) in [6, 6.07) is 1.18. The Morgan fingerprint density at radius 1 is 1.08 bits per heavy atom. The quantitative estimate of drug-likeness (QED) is 0.786. The van der Waals surface area contributed by atoms with E-state index in [1.165, 1.54) is 0 Å². The van der Waals surface area contributed by atoms with Gasteiger partial charge >= 0.3 is 12.4 Å². The third-order valence-corrected chi connectivity index (χ3v) is 5.78. The van der Waals surface area contributed by atoms with Crippen molar-refractivity contribution < 1.29 is 39.9 Å². The van der Waals surface area contributed by atoms with Gasteiger partial charge in [-0.1, -0.05) is 0 Å². The summed E-state index contributed by atoms with van der Waals surface area (Å²) in [5.74, 6) is 0. The smallest absolute Gasteiger partial charge is 0.380 e. The number of rotatable bonds is 2. The fourth-order valence-electron chi connectivity index (χ4n) is 2.45. The van der Waals surface area contributed by atoms with Gasteiger partial charge in [0.2, 0.25) is 0 Å². The van der Waals surface area contributed by atoms with Gasteiger partial charge < -0.3 is 5.11 Å². The van der Waals surface area contributed by atoms with Gasteiger partial charge in [0.15, 0.2) is 10.6 Å². The van der Waals surface area contributed by atoms with Crippen molar-refractivity contribution in [2.75, 3.05) is 13.1 Å². The van der Waals surface area contributed by atoms with Crippen LogP contribution in [0.5, 0.6) is 0 Å². The van der Waals surface area contributed by atoms with Gasteiger partial charge in [0.05, 0.1) is 5.56 Å². The van der Waals surface area contributed by atoms with E-state index in [1.54, 1.807) is 0 Å². The summed E-state index contributed by atoms with van der Waals surface area (Å²) >= 11 is 0. The first-order valence-corrected chi connectivity index (χ1v) is 8.54. The van der Waals surface area contributed by atoms with E-state index < -0.39 is 58.0 Å². The van der Waals surface area contributed by atoms with E-state index in [0.29, 0.717) is 22.6 Å². The molecule has 0 amide bonds. The van der Waals surface area contributed by atoms with Crippen molar-refractivity contribution in [1.82, 2.24) is 9.29 Å². The number of hydrogen-bond acceptors (Lipinski definition) is 4. The molecule has 1 N–H and O–H groups in total. The minimum absolute atomic E-state index is 0.254. The zero-order chi connectivity index (χ0) is 19.1. The van der Waals surface area contributed by atoms with Crippen molar-refractivity contribution in [1.29, 1.82) is 0 Å². The lowest BCUT2D eigenvalue weighted by Gasteiger charge is -2.29. The predicted molar refractivity (Wildman–Crippen MR) is 72.9 cm³/mol. The van der Waals surface area contributed by atoms with E-state index in [-0.39, 0.29) is 13.0 Å². The number of nitrogens with zero attached hydrogens (tertiary/aromatic N) is 2. The molecule has 0 radical (unpaired) electrons. The number of halogens is 6. The van der Waals surface area contributed by atoms with Crippen LogP contribution >= 0.6 is 0 Å². The van der Waals surface area contributed by atoms with Crippen LogP contribution in [0.25, 0.3) is 0 Å². The number of sulfonamides is 1. The summed E-state index contributed by atoms with van der Waals surface area (Å²) in [7, 11) is -4.37. The van der Waals surface area contributed by atoms with Gasteiger partial charge in [-0.25, -0.2) is 13.4 Å². The van der Waals surface area contributed by atoms with Crippen LogP contribution in [0.15, 0.2) is 23.4 Å². The molecule has 0 aromatic carbocycles. The lowest BCUT2D eigenvalue weighted by molar-refractivity contribution is -0.263. The molecular weight excluding hydrogens is 378 g/mol. The molecule has 2 rings (SSSR count). The van der Waals surface area contributed by atoms with Crippen LogP contribution in [0.1, 0.15) is 24.8 Å². The van der Waals surface area contributed by atoms with E-state index in [2.05, 4.69) is 4.98 Å². The van der Waals surface area contributed by atoms with Gasteiger partial charge in [-0.15, -0.1) is 0 Å². The van der Waals surface area contributed by atoms with Gasteiger partial charge in [-0.3, -0.25) is 0 Å². The summed E-state index contributed by atoms with van der Waals surface area (Å²) in [4.78, 5) is 3.27. The fourth-order valence-corrected chi connectivity index (χ4v) is 3.84. The molecule has 0 saturated carbocycles. The monoisotopic (exact) mass is 392 g/mol. The van der Waals surface area contributed by atoms with Gasteiger partial charge in [-0.05, 0) is 31.4 Å². The van der Waals surface area contributed by atoms with Crippen LogP contribution in [0, 0.1) is 0 Å². The van der Waals surface area contributed by atoms with Crippen molar-refractivity contribution >= 4 is 10.0 Å². The molecule has 1 atom stereocenters. The molecule has 25 heavy (non-hydrogen) atoms. The maximum absolute atomic E-state index is 12.9. The van der Waals surface area contributed by atoms with Crippen molar-refractivity contribution in [2.45, 2.75) is 42.2 Å². The Morgan fingerprint density at radius 2 is 1.72 bits per heavy atom. The Morgan fingerprint density at radius 3 is 2.20 bits per heavy atom. The summed E-state index contributed by atoms with van der Waals surface area (Å²) in [5.41, 5.74) is -4.14. The first kappa shape index (κ1) is 19.9. The number of alkyl halides is 6. The maximum atomic E-state index is 12.9. The van der Waals surface area contributed by atoms with Crippen LogP contribution in [0.2, 0.25) is 0 Å². The molecule has 5 nitrogen and oxygen atoms in total. The summed E-state index contributed by atoms with van der Waals surface area (Å²) < 4.78 is 102. The van der Waals surface area contributed by atoms with Crippen molar-refractivity contribution in [3.63, 3.8) is 0 Å². The van der Waals surface area contributed by atoms with E-state index in [9.17, 15) is 39.9 Å². The maximum Gasteiger partial charge on any atom is 0.417 e. The SMILES string of the molecule is O=S(=O)(c1ccc(C(F)(F)F)cn1)N1CCCC(O)(C(F)(F)F)CC1. The topological polar surface area (TPSA) is 70.5 Å². The molecule has 1 aliphatic rings. The number of aromatic nitrogens is 1. The van der Waals surface area contributed by atoms with Crippen LogP contribution in [-0.4, -0.2) is 47.7 Å². The van der Waals surface area contributed by atoms with Crippen LogP contribution in [0.3, 0.4) is 0 Å². The first-order valence-electron chi connectivity index (χ1n) is 7.10. The Hall–Kier alpha value is -1.40. The minimum Gasteiger partial charge on any atom is -0.380 e. The second kappa shape index (κ2) is 6.40. The summed E-state index contributed by atoms with van der Waals surface area (Å²) in [5, 5.41) is 8.98. The molecule has 0 spiro atoms. The largest absolute Gasteiger partial charge is 0.417 e. The van der Waals surface area contributed by atoms with Crippen LogP contribution < -0.4 is 0 Å². The Kier molecular flexibility index (Phi) is 5.10. The number of aliphatic hydroxyl groups is 1. The third-order valence-electron chi connectivity index (χ3n) is 3.97. The number of pyridine rings is 1. The first-order chi connectivity index (χ1) is 11.3. The van der Waals surface area contributed by atoms with Crippen LogP contribution in [0.4, 0.5) is 26.3 Å². The Bertz CT molecular complexity index is 717. The Balaban J connectivity index is 2.23. The molecule has 142 valence electrons. The van der Waals surface area contributed by atoms with Crippen molar-refractivity contribution in [2.24, 2.45) is 0 Å². The lowest BCUT2D eigenvalue weighted by atomic mass is 9.94. The average molecular weight is 392 g/mol. The zero-order valence-electron chi connectivity index (χ0n) is 12.6. The summed E-state index contributed by atoms with van der Waals surface area (Å²) in [6.45, 7) is -0.926. The van der Waals surface area contributed by atoms with Crippen LogP contribution in [-0.2, 0) is 16.2 Å². The molecular formula is C13H14F6N2O3S. The fraction of sp³-hybridized carbons (Fsp3) is 0.615. The molecule has 1 saturated heterocycles. The van der Waals surface area contributed by atoms with E-state index in [4.69, 9.17) is 0 Å². The highest BCUT2D eigenvalue weighted by molar-refractivity contribution is 7.89. The van der Waals surface area contributed by atoms with E-state index in [1.807, 2.05) is 0 Å². The highest BCUT2D eigenvalue weighted by atomic mass is 32.2. The molecule has 1 fully saturated rings.